The van der Waals surface area contributed by atoms with Gasteiger partial charge in [0.05, 0.1) is 6.04 Å². The first-order chi connectivity index (χ1) is 13.1. The van der Waals surface area contributed by atoms with Crippen LogP contribution in [-0.4, -0.2) is 47.3 Å². The second kappa shape index (κ2) is 7.53. The molecule has 5 nitrogen and oxygen atoms in total. The lowest BCUT2D eigenvalue weighted by molar-refractivity contribution is -0.114. The van der Waals surface area contributed by atoms with Crippen molar-refractivity contribution in [3.63, 3.8) is 0 Å². The topological polar surface area (TPSA) is 52.7 Å². The highest BCUT2D eigenvalue weighted by molar-refractivity contribution is 5.95. The van der Waals surface area contributed by atoms with Crippen molar-refractivity contribution in [1.29, 1.82) is 0 Å². The van der Waals surface area contributed by atoms with Gasteiger partial charge in [0.2, 0.25) is 5.91 Å². The summed E-state index contributed by atoms with van der Waals surface area (Å²) < 4.78 is 0. The first kappa shape index (κ1) is 17.7. The van der Waals surface area contributed by atoms with Crippen LogP contribution in [0.4, 0.5) is 5.69 Å². The molecule has 1 N–H and O–H groups in total. The Labute approximate surface area is 160 Å². The van der Waals surface area contributed by atoms with E-state index in [9.17, 15) is 9.59 Å². The molecule has 2 amide bonds. The molecule has 0 bridgehead atoms. The Kier molecular flexibility index (Phi) is 4.94. The maximum Gasteiger partial charge on any atom is 0.254 e. The fraction of sp³-hybridized carbons (Fsp3) is 0.364. The molecule has 4 rings (SSSR count). The minimum atomic E-state index is -0.116. The third kappa shape index (κ3) is 4.03. The van der Waals surface area contributed by atoms with Crippen molar-refractivity contribution in [3.05, 3.63) is 65.7 Å². The molecule has 1 saturated heterocycles. The highest BCUT2D eigenvalue weighted by Gasteiger charge is 2.37. The summed E-state index contributed by atoms with van der Waals surface area (Å²) in [5, 5.41) is 2.74. The first-order valence-electron chi connectivity index (χ1n) is 9.59. The Balaban J connectivity index is 1.56. The molecule has 1 saturated carbocycles. The summed E-state index contributed by atoms with van der Waals surface area (Å²) in [7, 11) is 0. The number of hydrogen-bond acceptors (Lipinski definition) is 3. The van der Waals surface area contributed by atoms with Crippen molar-refractivity contribution >= 4 is 17.5 Å². The maximum atomic E-state index is 13.2. The van der Waals surface area contributed by atoms with Crippen LogP contribution in [0.1, 0.15) is 41.7 Å². The smallest absolute Gasteiger partial charge is 0.254 e. The van der Waals surface area contributed by atoms with Gasteiger partial charge in [-0.25, -0.2) is 0 Å². The molecule has 1 aliphatic carbocycles. The Bertz CT molecular complexity index is 815. The van der Waals surface area contributed by atoms with Gasteiger partial charge in [0.25, 0.3) is 5.91 Å². The standard InChI is InChI=1S/C22H25N3O2/c1-16(26)23-19-9-7-18(8-10-19)22(27)25-14-13-24(20-11-12-20)15-21(25)17-5-3-2-4-6-17/h2-10,20-21H,11-15H2,1H3,(H,23,26). The average Bonchev–Trinajstić information content (AvgIpc) is 3.53. The van der Waals surface area contributed by atoms with E-state index in [2.05, 4.69) is 22.3 Å². The molecule has 1 aliphatic heterocycles. The molecule has 140 valence electrons. The van der Waals surface area contributed by atoms with E-state index in [1.165, 1.54) is 25.3 Å². The summed E-state index contributed by atoms with van der Waals surface area (Å²) >= 11 is 0. The summed E-state index contributed by atoms with van der Waals surface area (Å²) in [4.78, 5) is 28.9. The number of hydrogen-bond donors (Lipinski definition) is 1. The van der Waals surface area contributed by atoms with Crippen LogP contribution < -0.4 is 5.32 Å². The molecule has 0 aromatic heterocycles. The summed E-state index contributed by atoms with van der Waals surface area (Å²) in [6, 6.07) is 18.2. The minimum Gasteiger partial charge on any atom is -0.329 e. The lowest BCUT2D eigenvalue weighted by atomic mass is 10.0. The fourth-order valence-corrected chi connectivity index (χ4v) is 3.84. The third-order valence-corrected chi connectivity index (χ3v) is 5.37. The molecule has 2 fully saturated rings. The summed E-state index contributed by atoms with van der Waals surface area (Å²) in [6.07, 6.45) is 2.56. The molecule has 5 heteroatoms. The van der Waals surface area contributed by atoms with Crippen LogP contribution in [0.25, 0.3) is 0 Å². The number of anilines is 1. The van der Waals surface area contributed by atoms with Gasteiger partial charge < -0.3 is 10.2 Å². The molecule has 1 atom stereocenters. The predicted molar refractivity (Wildman–Crippen MR) is 106 cm³/mol. The van der Waals surface area contributed by atoms with Gasteiger partial charge in [-0.2, -0.15) is 0 Å². The number of rotatable bonds is 4. The monoisotopic (exact) mass is 363 g/mol. The maximum absolute atomic E-state index is 13.2. The number of carbonyl (C=O) groups excluding carboxylic acids is 2. The number of amides is 2. The van der Waals surface area contributed by atoms with Crippen LogP contribution in [0, 0.1) is 0 Å². The van der Waals surface area contributed by atoms with Gasteiger partial charge in [-0.1, -0.05) is 30.3 Å². The Morgan fingerprint density at radius 1 is 0.963 bits per heavy atom. The van der Waals surface area contributed by atoms with E-state index in [0.29, 0.717) is 17.3 Å². The third-order valence-electron chi connectivity index (χ3n) is 5.37. The SMILES string of the molecule is CC(=O)Nc1ccc(C(=O)N2CCN(C3CC3)CC2c2ccccc2)cc1. The summed E-state index contributed by atoms with van der Waals surface area (Å²) in [5.74, 6) is -0.0666. The molecule has 1 unspecified atom stereocenters. The van der Waals surface area contributed by atoms with Crippen LogP contribution in [0.15, 0.2) is 54.6 Å². The quantitative estimate of drug-likeness (QED) is 0.907. The highest BCUT2D eigenvalue weighted by atomic mass is 16.2. The van der Waals surface area contributed by atoms with Crippen LogP contribution in [0.5, 0.6) is 0 Å². The van der Waals surface area contributed by atoms with Crippen molar-refractivity contribution in [2.75, 3.05) is 25.0 Å². The van der Waals surface area contributed by atoms with Crippen LogP contribution in [0.2, 0.25) is 0 Å². The Morgan fingerprint density at radius 2 is 1.67 bits per heavy atom. The van der Waals surface area contributed by atoms with Crippen molar-refractivity contribution in [2.45, 2.75) is 31.8 Å². The molecule has 2 aromatic carbocycles. The molecule has 27 heavy (non-hydrogen) atoms. The lowest BCUT2D eigenvalue weighted by Gasteiger charge is -2.42. The van der Waals surface area contributed by atoms with Gasteiger partial charge >= 0.3 is 0 Å². The van der Waals surface area contributed by atoms with Crippen molar-refractivity contribution in [3.8, 4) is 0 Å². The zero-order chi connectivity index (χ0) is 18.8. The zero-order valence-electron chi connectivity index (χ0n) is 15.6. The van der Waals surface area contributed by atoms with E-state index in [1.54, 1.807) is 24.3 Å². The van der Waals surface area contributed by atoms with Crippen LogP contribution >= 0.6 is 0 Å². The van der Waals surface area contributed by atoms with Crippen LogP contribution in [-0.2, 0) is 4.79 Å². The number of nitrogens with zero attached hydrogens (tertiary/aromatic N) is 2. The van der Waals surface area contributed by atoms with Gasteiger partial charge in [0, 0.05) is 43.9 Å². The van der Waals surface area contributed by atoms with E-state index >= 15 is 0 Å². The number of nitrogens with one attached hydrogen (secondary N) is 1. The van der Waals surface area contributed by atoms with Crippen molar-refractivity contribution in [2.24, 2.45) is 0 Å². The van der Waals surface area contributed by atoms with E-state index in [-0.39, 0.29) is 17.9 Å². The van der Waals surface area contributed by atoms with Crippen molar-refractivity contribution in [1.82, 2.24) is 9.80 Å². The highest BCUT2D eigenvalue weighted by Crippen LogP contribution is 2.34. The van der Waals surface area contributed by atoms with E-state index < -0.39 is 0 Å². The van der Waals surface area contributed by atoms with Gasteiger partial charge in [0.1, 0.15) is 0 Å². The van der Waals surface area contributed by atoms with Gasteiger partial charge in [-0.15, -0.1) is 0 Å². The second-order valence-electron chi connectivity index (χ2n) is 7.41. The molecule has 2 aromatic rings. The van der Waals surface area contributed by atoms with Crippen LogP contribution in [0.3, 0.4) is 0 Å². The zero-order valence-corrected chi connectivity index (χ0v) is 15.6. The van der Waals surface area contributed by atoms with Crippen molar-refractivity contribution < 1.29 is 9.59 Å². The number of benzene rings is 2. The summed E-state index contributed by atoms with van der Waals surface area (Å²) in [6.45, 7) is 4.04. The molecular weight excluding hydrogens is 338 g/mol. The van der Waals surface area contributed by atoms with E-state index in [0.717, 1.165) is 19.6 Å². The number of piperazine rings is 1. The predicted octanol–water partition coefficient (Wildman–Crippen LogP) is 3.31. The molecule has 1 heterocycles. The van der Waals surface area contributed by atoms with E-state index in [1.807, 2.05) is 23.1 Å². The largest absolute Gasteiger partial charge is 0.329 e. The fourth-order valence-electron chi connectivity index (χ4n) is 3.84. The molecular formula is C22H25N3O2. The number of carbonyl (C=O) groups is 2. The Morgan fingerprint density at radius 3 is 2.30 bits per heavy atom. The normalized spacial score (nSPS) is 20.3. The van der Waals surface area contributed by atoms with E-state index in [4.69, 9.17) is 0 Å². The van der Waals surface area contributed by atoms with Gasteiger partial charge in [-0.05, 0) is 42.7 Å². The second-order valence-corrected chi connectivity index (χ2v) is 7.41. The first-order valence-corrected chi connectivity index (χ1v) is 9.59. The summed E-state index contributed by atoms with van der Waals surface area (Å²) in [5.41, 5.74) is 2.55. The van der Waals surface area contributed by atoms with Gasteiger partial charge in [0.15, 0.2) is 0 Å². The lowest BCUT2D eigenvalue weighted by Crippen LogP contribution is -2.51. The molecule has 2 aliphatic rings. The molecule has 0 radical (unpaired) electrons. The average molecular weight is 363 g/mol. The molecule has 0 spiro atoms. The minimum absolute atomic E-state index is 0.0497. The van der Waals surface area contributed by atoms with Gasteiger partial charge in [-0.3, -0.25) is 14.5 Å². The Hall–Kier alpha value is -2.66.